The molecule has 0 saturated carbocycles. The van der Waals surface area contributed by atoms with Crippen molar-refractivity contribution in [3.63, 3.8) is 0 Å². The van der Waals surface area contributed by atoms with Gasteiger partial charge in [-0.1, -0.05) is 36.2 Å². The fourth-order valence-corrected chi connectivity index (χ4v) is 6.02. The number of nitrogens with zero attached hydrogens (tertiary/aromatic N) is 3. The van der Waals surface area contributed by atoms with Gasteiger partial charge in [0.1, 0.15) is 11.9 Å². The van der Waals surface area contributed by atoms with E-state index in [-0.39, 0.29) is 16.6 Å². The van der Waals surface area contributed by atoms with Crippen molar-refractivity contribution < 1.29 is 17.6 Å². The highest BCUT2D eigenvalue weighted by Gasteiger charge is 2.40. The maximum atomic E-state index is 14.1. The molecule has 6 nitrogen and oxygen atoms in total. The zero-order valence-electron chi connectivity index (χ0n) is 17.7. The molecular formula is C23H28FN3O3S. The first-order chi connectivity index (χ1) is 14.9. The lowest BCUT2D eigenvalue weighted by molar-refractivity contribution is -0.136. The van der Waals surface area contributed by atoms with E-state index in [9.17, 15) is 17.6 Å². The molecule has 166 valence electrons. The van der Waals surface area contributed by atoms with Crippen LogP contribution in [0, 0.1) is 12.7 Å². The molecule has 2 fully saturated rings. The van der Waals surface area contributed by atoms with Crippen molar-refractivity contribution in [3.05, 3.63) is 59.9 Å². The predicted molar refractivity (Wildman–Crippen MR) is 118 cm³/mol. The maximum Gasteiger partial charge on any atom is 0.243 e. The van der Waals surface area contributed by atoms with Crippen molar-refractivity contribution in [2.75, 3.05) is 37.6 Å². The van der Waals surface area contributed by atoms with Gasteiger partial charge in [0.25, 0.3) is 0 Å². The molecule has 0 N–H and O–H groups in total. The van der Waals surface area contributed by atoms with E-state index in [4.69, 9.17) is 0 Å². The molecule has 2 aliphatic heterocycles. The molecule has 0 unspecified atom stereocenters. The number of piperidine rings is 1. The number of carbonyl (C=O) groups excluding carboxylic acids is 1. The predicted octanol–water partition coefficient (Wildman–Crippen LogP) is 3.03. The zero-order chi connectivity index (χ0) is 22.0. The lowest BCUT2D eigenvalue weighted by Gasteiger charge is -2.40. The number of hydrogen-bond acceptors (Lipinski definition) is 4. The number of carbonyl (C=O) groups is 1. The van der Waals surface area contributed by atoms with Gasteiger partial charge in [-0.05, 0) is 44.0 Å². The van der Waals surface area contributed by atoms with Crippen LogP contribution in [0.5, 0.6) is 0 Å². The fraction of sp³-hybridized carbons (Fsp3) is 0.435. The quantitative estimate of drug-likeness (QED) is 0.726. The molecule has 4 rings (SSSR count). The first kappa shape index (κ1) is 21.8. The Morgan fingerprint density at radius 1 is 0.935 bits per heavy atom. The summed E-state index contributed by atoms with van der Waals surface area (Å²) >= 11 is 0. The number of rotatable bonds is 4. The van der Waals surface area contributed by atoms with E-state index in [1.807, 2.05) is 11.8 Å². The van der Waals surface area contributed by atoms with Gasteiger partial charge in [-0.25, -0.2) is 12.8 Å². The summed E-state index contributed by atoms with van der Waals surface area (Å²) in [4.78, 5) is 17.2. The number of aryl methyl sites for hydroxylation is 1. The molecule has 0 bridgehead atoms. The number of para-hydroxylation sites is 1. The average Bonchev–Trinajstić information content (AvgIpc) is 2.79. The molecule has 0 aliphatic carbocycles. The highest BCUT2D eigenvalue weighted by molar-refractivity contribution is 7.89. The molecule has 8 heteroatoms. The van der Waals surface area contributed by atoms with Crippen LogP contribution >= 0.6 is 0 Å². The minimum Gasteiger partial charge on any atom is -0.366 e. The molecule has 0 radical (unpaired) electrons. The highest BCUT2D eigenvalue weighted by Crippen LogP contribution is 2.28. The van der Waals surface area contributed by atoms with Gasteiger partial charge in [0.15, 0.2) is 0 Å². The molecule has 2 aromatic carbocycles. The molecule has 2 saturated heterocycles. The van der Waals surface area contributed by atoms with Gasteiger partial charge in [-0.3, -0.25) is 4.79 Å². The van der Waals surface area contributed by atoms with Gasteiger partial charge < -0.3 is 9.80 Å². The summed E-state index contributed by atoms with van der Waals surface area (Å²) in [6.45, 7) is 4.19. The molecule has 2 heterocycles. The maximum absolute atomic E-state index is 14.1. The van der Waals surface area contributed by atoms with E-state index >= 15 is 0 Å². The minimum atomic E-state index is -3.75. The van der Waals surface area contributed by atoms with Crippen LogP contribution < -0.4 is 4.90 Å². The molecular weight excluding hydrogens is 417 g/mol. The van der Waals surface area contributed by atoms with Gasteiger partial charge >= 0.3 is 0 Å². The highest BCUT2D eigenvalue weighted by atomic mass is 32.2. The van der Waals surface area contributed by atoms with Crippen LogP contribution in [-0.4, -0.2) is 62.3 Å². The topological polar surface area (TPSA) is 60.9 Å². The number of halogens is 1. The van der Waals surface area contributed by atoms with Crippen molar-refractivity contribution in [3.8, 4) is 0 Å². The zero-order valence-corrected chi connectivity index (χ0v) is 18.5. The number of anilines is 1. The summed E-state index contributed by atoms with van der Waals surface area (Å²) < 4.78 is 42.0. The second-order valence-corrected chi connectivity index (χ2v) is 10.1. The van der Waals surface area contributed by atoms with E-state index in [0.29, 0.717) is 44.8 Å². The number of benzene rings is 2. The van der Waals surface area contributed by atoms with Crippen LogP contribution in [0.4, 0.5) is 10.1 Å². The number of piperazine rings is 1. The van der Waals surface area contributed by atoms with E-state index in [0.717, 1.165) is 18.4 Å². The second-order valence-electron chi connectivity index (χ2n) is 8.20. The summed E-state index contributed by atoms with van der Waals surface area (Å²) in [6, 6.07) is 12.7. The first-order valence-electron chi connectivity index (χ1n) is 10.7. The largest absolute Gasteiger partial charge is 0.366 e. The Labute approximate surface area is 183 Å². The third-order valence-corrected chi connectivity index (χ3v) is 8.07. The molecule has 2 aliphatic rings. The van der Waals surface area contributed by atoms with Gasteiger partial charge in [0, 0.05) is 32.7 Å². The molecule has 0 spiro atoms. The number of amides is 1. The number of hydrogen-bond donors (Lipinski definition) is 0. The first-order valence-corrected chi connectivity index (χ1v) is 12.2. The van der Waals surface area contributed by atoms with E-state index < -0.39 is 16.1 Å². The van der Waals surface area contributed by atoms with E-state index in [1.54, 1.807) is 47.4 Å². The van der Waals surface area contributed by atoms with Gasteiger partial charge in [-0.15, -0.1) is 0 Å². The molecule has 1 amide bonds. The van der Waals surface area contributed by atoms with Gasteiger partial charge in [-0.2, -0.15) is 4.31 Å². The summed E-state index contributed by atoms with van der Waals surface area (Å²) in [5.41, 5.74) is 1.52. The van der Waals surface area contributed by atoms with Crippen LogP contribution in [0.1, 0.15) is 24.8 Å². The Morgan fingerprint density at radius 3 is 2.29 bits per heavy atom. The van der Waals surface area contributed by atoms with Gasteiger partial charge in [0.05, 0.1) is 10.6 Å². The normalized spacial score (nSPS) is 20.6. The Hall–Kier alpha value is -2.45. The Bertz CT molecular complexity index is 1030. The van der Waals surface area contributed by atoms with Crippen molar-refractivity contribution in [2.45, 2.75) is 37.1 Å². The van der Waals surface area contributed by atoms with Crippen LogP contribution in [0.2, 0.25) is 0 Å². The van der Waals surface area contributed by atoms with Crippen molar-refractivity contribution in [2.24, 2.45) is 0 Å². The molecule has 1 atom stereocenters. The third-order valence-electron chi connectivity index (χ3n) is 6.15. The third kappa shape index (κ3) is 4.45. The fourth-order valence-electron chi connectivity index (χ4n) is 4.37. The Balaban J connectivity index is 1.48. The summed E-state index contributed by atoms with van der Waals surface area (Å²) in [7, 11) is -3.75. The molecule has 31 heavy (non-hydrogen) atoms. The van der Waals surface area contributed by atoms with E-state index in [1.165, 1.54) is 10.4 Å². The van der Waals surface area contributed by atoms with Crippen molar-refractivity contribution in [1.82, 2.24) is 9.21 Å². The van der Waals surface area contributed by atoms with Crippen LogP contribution in [0.15, 0.2) is 53.4 Å². The summed E-state index contributed by atoms with van der Waals surface area (Å²) in [6.07, 6.45) is 2.10. The van der Waals surface area contributed by atoms with Crippen molar-refractivity contribution in [1.29, 1.82) is 0 Å². The monoisotopic (exact) mass is 445 g/mol. The van der Waals surface area contributed by atoms with Crippen molar-refractivity contribution >= 4 is 21.6 Å². The lowest BCUT2D eigenvalue weighted by Crippen LogP contribution is -2.57. The van der Waals surface area contributed by atoms with Crippen LogP contribution in [-0.2, 0) is 14.8 Å². The Morgan fingerprint density at radius 2 is 1.61 bits per heavy atom. The van der Waals surface area contributed by atoms with Gasteiger partial charge in [0.2, 0.25) is 15.9 Å². The SMILES string of the molecule is Cc1ccc(S(=O)(=O)N2CCCC[C@H]2C(=O)N2CCN(c3ccccc3F)CC2)cc1. The number of sulfonamides is 1. The van der Waals surface area contributed by atoms with Crippen LogP contribution in [0.25, 0.3) is 0 Å². The Kier molecular flexibility index (Phi) is 6.29. The summed E-state index contributed by atoms with van der Waals surface area (Å²) in [5, 5.41) is 0. The minimum absolute atomic E-state index is 0.149. The average molecular weight is 446 g/mol. The lowest BCUT2D eigenvalue weighted by atomic mass is 10.0. The van der Waals surface area contributed by atoms with Crippen LogP contribution in [0.3, 0.4) is 0 Å². The molecule has 0 aromatic heterocycles. The standard InChI is InChI=1S/C23H28FN3O3S/c1-18-9-11-19(12-10-18)31(29,30)27-13-5-4-8-22(27)23(28)26-16-14-25(15-17-26)21-7-3-2-6-20(21)24/h2-3,6-7,9-12,22H,4-5,8,13-17H2,1H3/t22-/m0/s1. The van der Waals surface area contributed by atoms with E-state index in [2.05, 4.69) is 0 Å². The second kappa shape index (κ2) is 8.96. The summed E-state index contributed by atoms with van der Waals surface area (Å²) in [5.74, 6) is -0.423. The molecule has 2 aromatic rings. The smallest absolute Gasteiger partial charge is 0.243 e.